The molecular weight excluding hydrogens is 314 g/mol. The van der Waals surface area contributed by atoms with Crippen LogP contribution in [0.1, 0.15) is 19.8 Å². The van der Waals surface area contributed by atoms with Crippen molar-refractivity contribution in [2.75, 3.05) is 0 Å². The largest absolute Gasteiger partial charge is 0.291 e. The van der Waals surface area contributed by atoms with Crippen LogP contribution in [-0.2, 0) is 6.54 Å². The van der Waals surface area contributed by atoms with Crippen molar-refractivity contribution in [1.82, 2.24) is 14.5 Å². The van der Waals surface area contributed by atoms with E-state index in [1.807, 2.05) is 16.7 Å². The Kier molecular flexibility index (Phi) is 5.79. The summed E-state index contributed by atoms with van der Waals surface area (Å²) in [5.41, 5.74) is 2.08. The lowest BCUT2D eigenvalue weighted by molar-refractivity contribution is 0.623. The smallest absolute Gasteiger partial charge is 0.280 e. The Morgan fingerprint density at radius 3 is 3.00 bits per heavy atom. The van der Waals surface area contributed by atoms with E-state index in [0.717, 1.165) is 25.0 Å². The maximum atomic E-state index is 12.5. The van der Waals surface area contributed by atoms with E-state index in [9.17, 15) is 4.79 Å². The van der Waals surface area contributed by atoms with Crippen LogP contribution in [0.5, 0.6) is 0 Å². The Balaban J connectivity index is 2.65. The van der Waals surface area contributed by atoms with Crippen LogP contribution >= 0.6 is 33.1 Å². The number of pyridine rings is 1. The van der Waals surface area contributed by atoms with Crippen molar-refractivity contribution >= 4 is 49.7 Å². The highest BCUT2D eigenvalue weighted by molar-refractivity contribution is 8.63. The van der Waals surface area contributed by atoms with Gasteiger partial charge in [-0.2, -0.15) is 0 Å². The first kappa shape index (κ1) is 15.4. The third-order valence-electron chi connectivity index (χ3n) is 2.79. The van der Waals surface area contributed by atoms with E-state index in [1.165, 1.54) is 0 Å². The number of hydrogen-bond donors (Lipinski definition) is 0. The summed E-state index contributed by atoms with van der Waals surface area (Å²) in [4.78, 5) is 21.4. The zero-order valence-corrected chi connectivity index (χ0v) is 14.9. The maximum Gasteiger partial charge on any atom is 0.280 e. The van der Waals surface area contributed by atoms with Gasteiger partial charge in [-0.05, 0) is 18.6 Å². The summed E-state index contributed by atoms with van der Waals surface area (Å²) in [5, 5.41) is 0. The van der Waals surface area contributed by atoms with Gasteiger partial charge < -0.3 is 0 Å². The molecule has 0 bridgehead atoms. The quantitative estimate of drug-likeness (QED) is 0.792. The van der Waals surface area contributed by atoms with Crippen LogP contribution in [0.3, 0.4) is 0 Å². The molecule has 0 saturated heterocycles. The van der Waals surface area contributed by atoms with Gasteiger partial charge in [-0.1, -0.05) is 30.2 Å². The van der Waals surface area contributed by atoms with Crippen LogP contribution in [0.25, 0.3) is 11.0 Å². The predicted octanol–water partition coefficient (Wildman–Crippen LogP) is 2.87. The van der Waals surface area contributed by atoms with Crippen LogP contribution in [0.2, 0.25) is 0 Å². The second kappa shape index (κ2) is 7.14. The summed E-state index contributed by atoms with van der Waals surface area (Å²) < 4.78 is 1.81. The average molecular weight is 331 g/mol. The van der Waals surface area contributed by atoms with Crippen LogP contribution in [0.15, 0.2) is 23.1 Å². The van der Waals surface area contributed by atoms with E-state index in [-0.39, 0.29) is 5.56 Å². The molecule has 2 heterocycles. The minimum Gasteiger partial charge on any atom is -0.291 e. The monoisotopic (exact) mass is 331 g/mol. The predicted molar refractivity (Wildman–Crippen MR) is 93.0 cm³/mol. The molecule has 0 radical (unpaired) electrons. The first-order chi connectivity index (χ1) is 9.19. The molecule has 0 N–H and O–H groups in total. The zero-order chi connectivity index (χ0) is 13.8. The Bertz CT molecular complexity index is 631. The van der Waals surface area contributed by atoms with Gasteiger partial charge in [0.2, 0.25) is 0 Å². The van der Waals surface area contributed by atoms with Crippen molar-refractivity contribution in [2.45, 2.75) is 26.3 Å². The Labute approximate surface area is 119 Å². The lowest BCUT2D eigenvalue weighted by Crippen LogP contribution is -2.33. The van der Waals surface area contributed by atoms with E-state index in [2.05, 4.69) is 34.7 Å². The van der Waals surface area contributed by atoms with Crippen molar-refractivity contribution in [2.24, 2.45) is 0 Å². The van der Waals surface area contributed by atoms with Crippen molar-refractivity contribution in [3.63, 3.8) is 0 Å². The molecule has 2 aromatic heterocycles. The van der Waals surface area contributed by atoms with Crippen LogP contribution in [-0.4, -0.2) is 14.5 Å². The average Bonchev–Trinajstić information content (AvgIpc) is 2.45. The van der Waals surface area contributed by atoms with E-state index < -0.39 is 7.30 Å². The summed E-state index contributed by atoms with van der Waals surface area (Å²) >= 11 is 0. The van der Waals surface area contributed by atoms with Gasteiger partial charge in [0.05, 0.1) is 5.52 Å². The second-order valence-corrected chi connectivity index (χ2v) is 13.1. The van der Waals surface area contributed by atoms with E-state index in [4.69, 9.17) is 0 Å². The molecule has 0 fully saturated rings. The fourth-order valence-electron chi connectivity index (χ4n) is 1.80. The third kappa shape index (κ3) is 3.37. The molecule has 2 aromatic rings. The highest BCUT2D eigenvalue weighted by Crippen LogP contribution is 2.64. The molecular formula is C11H17N3OP4. The number of aromatic nitrogens is 3. The third-order valence-corrected chi connectivity index (χ3v) is 12.5. The summed E-state index contributed by atoms with van der Waals surface area (Å²) in [6.07, 6.45) is 3.70. The van der Waals surface area contributed by atoms with Gasteiger partial charge >= 0.3 is 0 Å². The molecule has 4 unspecified atom stereocenters. The maximum absolute atomic E-state index is 12.5. The standard InChI is InChI=1S/C11H17N3OP4/c1-2-3-7-14-10(15)9-8(5-4-6-12-9)13-11(14)19(17)18-16/h4-6,18H,2-3,7,16-17H2,1H3. The molecule has 0 aliphatic rings. The SMILES string of the molecule is CCCCn1c(P(P)PP)nc2cccnc2c1=O. The van der Waals surface area contributed by atoms with Crippen molar-refractivity contribution < 1.29 is 0 Å². The zero-order valence-electron chi connectivity index (χ0n) is 10.7. The van der Waals surface area contributed by atoms with Crippen molar-refractivity contribution in [1.29, 1.82) is 0 Å². The molecule has 4 nitrogen and oxygen atoms in total. The molecule has 19 heavy (non-hydrogen) atoms. The van der Waals surface area contributed by atoms with Gasteiger partial charge in [0.15, 0.2) is 5.52 Å². The molecule has 0 saturated carbocycles. The van der Waals surface area contributed by atoms with Gasteiger partial charge in [-0.15, -0.1) is 8.93 Å². The molecule has 8 heteroatoms. The Hall–Kier alpha value is 0.0100. The van der Waals surface area contributed by atoms with Gasteiger partial charge in [0.1, 0.15) is 5.57 Å². The summed E-state index contributed by atoms with van der Waals surface area (Å²) in [6, 6.07) is 3.68. The van der Waals surface area contributed by atoms with Crippen LogP contribution < -0.4 is 11.1 Å². The van der Waals surface area contributed by atoms with Gasteiger partial charge in [-0.25, -0.2) is 9.97 Å². The molecule has 0 spiro atoms. The molecule has 102 valence electrons. The number of nitrogens with zero attached hydrogens (tertiary/aromatic N) is 3. The summed E-state index contributed by atoms with van der Waals surface area (Å²) in [7, 11) is 5.80. The van der Waals surface area contributed by atoms with Gasteiger partial charge in [-0.3, -0.25) is 9.36 Å². The molecule has 0 aromatic carbocycles. The van der Waals surface area contributed by atoms with Gasteiger partial charge in [0, 0.05) is 20.0 Å². The van der Waals surface area contributed by atoms with E-state index in [0.29, 0.717) is 19.0 Å². The van der Waals surface area contributed by atoms with Crippen molar-refractivity contribution in [3.8, 4) is 0 Å². The first-order valence-corrected chi connectivity index (χ1v) is 12.7. The topological polar surface area (TPSA) is 47.8 Å². The fraction of sp³-hybridized carbons (Fsp3) is 0.364. The molecule has 0 amide bonds. The lowest BCUT2D eigenvalue weighted by Gasteiger charge is -2.16. The lowest BCUT2D eigenvalue weighted by atomic mass is 10.3. The molecule has 2 rings (SSSR count). The van der Waals surface area contributed by atoms with Crippen molar-refractivity contribution in [3.05, 3.63) is 28.7 Å². The van der Waals surface area contributed by atoms with E-state index >= 15 is 0 Å². The highest BCUT2D eigenvalue weighted by Gasteiger charge is 2.15. The Morgan fingerprint density at radius 1 is 1.53 bits per heavy atom. The summed E-state index contributed by atoms with van der Waals surface area (Å²) in [5.74, 6) is 0. The highest BCUT2D eigenvalue weighted by atomic mass is 32.6. The number of fused-ring (bicyclic) bond motifs is 1. The minimum atomic E-state index is -0.469. The minimum absolute atomic E-state index is 0.00718. The first-order valence-electron chi connectivity index (χ1n) is 6.05. The number of hydrogen-bond acceptors (Lipinski definition) is 3. The number of rotatable bonds is 5. The summed E-state index contributed by atoms with van der Waals surface area (Å²) in [6.45, 7) is 2.85. The fourth-order valence-corrected chi connectivity index (χ4v) is 5.07. The second-order valence-electron chi connectivity index (χ2n) is 4.09. The Morgan fingerprint density at radius 2 is 2.32 bits per heavy atom. The molecule has 0 aliphatic heterocycles. The van der Waals surface area contributed by atoms with Crippen LogP contribution in [0, 0.1) is 0 Å². The van der Waals surface area contributed by atoms with Crippen LogP contribution in [0.4, 0.5) is 0 Å². The van der Waals surface area contributed by atoms with Gasteiger partial charge in [0.25, 0.3) is 5.56 Å². The normalized spacial score (nSPS) is 13.4. The number of unbranched alkanes of at least 4 members (excludes halogenated alkanes) is 1. The molecule has 4 atom stereocenters. The van der Waals surface area contributed by atoms with E-state index in [1.54, 1.807) is 6.20 Å². The molecule has 0 aliphatic carbocycles.